The van der Waals surface area contributed by atoms with Crippen LogP contribution in [0.4, 0.5) is 5.69 Å². The average molecular weight is 462 g/mol. The summed E-state index contributed by atoms with van der Waals surface area (Å²) >= 11 is 0. The zero-order valence-corrected chi connectivity index (χ0v) is 18.0. The summed E-state index contributed by atoms with van der Waals surface area (Å²) in [5, 5.41) is 6.76. The Morgan fingerprint density at radius 2 is 2.00 bits per heavy atom. The Kier molecular flexibility index (Phi) is 9.96. The summed E-state index contributed by atoms with van der Waals surface area (Å²) in [6.45, 7) is 5.44. The van der Waals surface area contributed by atoms with Crippen molar-refractivity contribution in [2.75, 3.05) is 46.2 Å². The van der Waals surface area contributed by atoms with Gasteiger partial charge in [0, 0.05) is 31.4 Å². The van der Waals surface area contributed by atoms with Crippen LogP contribution in [0.3, 0.4) is 0 Å². The number of aliphatic imine (C=N–C) groups is 1. The molecule has 2 rings (SSSR count). The summed E-state index contributed by atoms with van der Waals surface area (Å²) in [6, 6.07) is 6.32. The van der Waals surface area contributed by atoms with Crippen LogP contribution in [0.1, 0.15) is 26.2 Å². The molecule has 0 aromatic heterocycles. The summed E-state index contributed by atoms with van der Waals surface area (Å²) < 4.78 is 10.6. The van der Waals surface area contributed by atoms with Crippen LogP contribution in [0.15, 0.2) is 23.2 Å². The second-order valence-corrected chi connectivity index (χ2v) is 5.93. The van der Waals surface area contributed by atoms with E-state index in [1.165, 1.54) is 25.8 Å². The lowest BCUT2D eigenvalue weighted by Crippen LogP contribution is -2.47. The van der Waals surface area contributed by atoms with Gasteiger partial charge in [-0.15, -0.1) is 24.0 Å². The van der Waals surface area contributed by atoms with E-state index in [1.54, 1.807) is 21.3 Å². The van der Waals surface area contributed by atoms with Gasteiger partial charge in [0.15, 0.2) is 17.5 Å². The number of nitrogens with zero attached hydrogens (tertiary/aromatic N) is 2. The van der Waals surface area contributed by atoms with Crippen molar-refractivity contribution in [2.24, 2.45) is 4.99 Å². The Hall–Kier alpha value is -1.22. The van der Waals surface area contributed by atoms with Gasteiger partial charge in [-0.1, -0.05) is 13.3 Å². The van der Waals surface area contributed by atoms with Crippen molar-refractivity contribution >= 4 is 35.6 Å². The molecular weight excluding hydrogens is 431 g/mol. The van der Waals surface area contributed by atoms with Gasteiger partial charge in [0.2, 0.25) is 0 Å². The van der Waals surface area contributed by atoms with E-state index in [2.05, 4.69) is 27.4 Å². The van der Waals surface area contributed by atoms with E-state index in [-0.39, 0.29) is 24.0 Å². The summed E-state index contributed by atoms with van der Waals surface area (Å²) in [7, 11) is 5.06. The predicted octanol–water partition coefficient (Wildman–Crippen LogP) is 3.18. The molecule has 0 saturated carbocycles. The zero-order valence-electron chi connectivity index (χ0n) is 15.7. The van der Waals surface area contributed by atoms with Crippen LogP contribution in [0.25, 0.3) is 0 Å². The van der Waals surface area contributed by atoms with Gasteiger partial charge in [-0.25, -0.2) is 0 Å². The topological polar surface area (TPSA) is 58.1 Å². The van der Waals surface area contributed by atoms with E-state index in [0.717, 1.165) is 24.7 Å². The molecule has 0 bridgehead atoms. The SMILES string of the molecule is CCN1CCCCC1CNC(=NC)Nc1ccc(OC)c(OC)c1.I. The molecule has 1 fully saturated rings. The third kappa shape index (κ3) is 6.22. The third-order valence-electron chi connectivity index (χ3n) is 4.53. The maximum absolute atomic E-state index is 5.34. The van der Waals surface area contributed by atoms with Gasteiger partial charge < -0.3 is 20.1 Å². The normalized spacial score (nSPS) is 18.2. The predicted molar refractivity (Wildman–Crippen MR) is 115 cm³/mol. The summed E-state index contributed by atoms with van der Waals surface area (Å²) in [6.07, 6.45) is 3.86. The number of piperidine rings is 1. The van der Waals surface area contributed by atoms with Gasteiger partial charge in [-0.3, -0.25) is 9.89 Å². The average Bonchev–Trinajstić information content (AvgIpc) is 2.65. The first-order valence-electron chi connectivity index (χ1n) is 8.65. The van der Waals surface area contributed by atoms with Crippen molar-refractivity contribution in [3.63, 3.8) is 0 Å². The van der Waals surface area contributed by atoms with Crippen molar-refractivity contribution in [1.29, 1.82) is 0 Å². The molecule has 6 nitrogen and oxygen atoms in total. The molecule has 142 valence electrons. The van der Waals surface area contributed by atoms with Crippen LogP contribution >= 0.6 is 24.0 Å². The fourth-order valence-corrected chi connectivity index (χ4v) is 3.15. The Bertz CT molecular complexity index is 554. The van der Waals surface area contributed by atoms with Gasteiger partial charge in [0.1, 0.15) is 0 Å². The first-order chi connectivity index (χ1) is 11.7. The van der Waals surface area contributed by atoms with E-state index in [9.17, 15) is 0 Å². The monoisotopic (exact) mass is 462 g/mol. The number of likely N-dealkylation sites (N-methyl/N-ethyl adjacent to an activating group) is 1. The number of halogens is 1. The number of ether oxygens (including phenoxy) is 2. The largest absolute Gasteiger partial charge is 0.493 e. The lowest BCUT2D eigenvalue weighted by molar-refractivity contribution is 0.157. The van der Waals surface area contributed by atoms with E-state index in [4.69, 9.17) is 9.47 Å². The molecule has 1 aromatic carbocycles. The van der Waals surface area contributed by atoms with Crippen molar-refractivity contribution in [3.8, 4) is 11.5 Å². The fourth-order valence-electron chi connectivity index (χ4n) is 3.15. The molecule has 0 amide bonds. The molecule has 0 radical (unpaired) electrons. The number of anilines is 1. The molecular formula is C18H31IN4O2. The van der Waals surface area contributed by atoms with Crippen molar-refractivity contribution in [3.05, 3.63) is 18.2 Å². The van der Waals surface area contributed by atoms with Gasteiger partial charge in [0.25, 0.3) is 0 Å². The Morgan fingerprint density at radius 1 is 1.24 bits per heavy atom. The highest BCUT2D eigenvalue weighted by atomic mass is 127. The number of methoxy groups -OCH3 is 2. The first kappa shape index (κ1) is 21.8. The summed E-state index contributed by atoms with van der Waals surface area (Å²) in [4.78, 5) is 6.86. The van der Waals surface area contributed by atoms with E-state index in [0.29, 0.717) is 17.5 Å². The van der Waals surface area contributed by atoms with Gasteiger partial charge in [-0.05, 0) is 38.1 Å². The molecule has 1 atom stereocenters. The van der Waals surface area contributed by atoms with Crippen molar-refractivity contribution < 1.29 is 9.47 Å². The second kappa shape index (κ2) is 11.4. The molecule has 1 heterocycles. The highest BCUT2D eigenvalue weighted by Crippen LogP contribution is 2.29. The van der Waals surface area contributed by atoms with Crippen molar-refractivity contribution in [1.82, 2.24) is 10.2 Å². The van der Waals surface area contributed by atoms with Gasteiger partial charge in [-0.2, -0.15) is 0 Å². The highest BCUT2D eigenvalue weighted by Gasteiger charge is 2.20. The fraction of sp³-hybridized carbons (Fsp3) is 0.611. The number of guanidine groups is 1. The molecule has 25 heavy (non-hydrogen) atoms. The van der Waals surface area contributed by atoms with Crippen LogP contribution in [-0.4, -0.2) is 57.8 Å². The molecule has 0 spiro atoms. The first-order valence-corrected chi connectivity index (χ1v) is 8.65. The number of hydrogen-bond donors (Lipinski definition) is 2. The molecule has 1 aliphatic heterocycles. The minimum Gasteiger partial charge on any atom is -0.493 e. The van der Waals surface area contributed by atoms with Crippen LogP contribution < -0.4 is 20.1 Å². The molecule has 0 aliphatic carbocycles. The quantitative estimate of drug-likeness (QED) is 0.387. The minimum absolute atomic E-state index is 0. The van der Waals surface area contributed by atoms with E-state index >= 15 is 0 Å². The van der Waals surface area contributed by atoms with E-state index in [1.807, 2.05) is 18.2 Å². The lowest BCUT2D eigenvalue weighted by Gasteiger charge is -2.35. The Balaban J connectivity index is 0.00000312. The molecule has 2 N–H and O–H groups in total. The number of hydrogen-bond acceptors (Lipinski definition) is 4. The standard InChI is InChI=1S/C18H30N4O2.HI/c1-5-22-11-7-6-8-15(22)13-20-18(19-2)21-14-9-10-16(23-3)17(12-14)24-4;/h9-10,12,15H,5-8,11,13H2,1-4H3,(H2,19,20,21);1H. The maximum Gasteiger partial charge on any atom is 0.195 e. The van der Waals surface area contributed by atoms with Gasteiger partial charge in [0.05, 0.1) is 14.2 Å². The molecule has 1 aliphatic rings. The summed E-state index contributed by atoms with van der Waals surface area (Å²) in [5.41, 5.74) is 0.914. The smallest absolute Gasteiger partial charge is 0.195 e. The highest BCUT2D eigenvalue weighted by molar-refractivity contribution is 14.0. The molecule has 1 aromatic rings. The lowest BCUT2D eigenvalue weighted by atomic mass is 10.0. The minimum atomic E-state index is 0. The third-order valence-corrected chi connectivity index (χ3v) is 4.53. The maximum atomic E-state index is 5.34. The number of nitrogens with one attached hydrogen (secondary N) is 2. The molecule has 1 unspecified atom stereocenters. The number of likely N-dealkylation sites (tertiary alicyclic amines) is 1. The molecule has 1 saturated heterocycles. The van der Waals surface area contributed by atoms with Gasteiger partial charge >= 0.3 is 0 Å². The Morgan fingerprint density at radius 3 is 2.64 bits per heavy atom. The molecule has 7 heteroatoms. The summed E-state index contributed by atoms with van der Waals surface area (Å²) in [5.74, 6) is 2.18. The Labute approximate surface area is 168 Å². The zero-order chi connectivity index (χ0) is 17.4. The van der Waals surface area contributed by atoms with Crippen LogP contribution in [0, 0.1) is 0 Å². The van der Waals surface area contributed by atoms with Crippen molar-refractivity contribution in [2.45, 2.75) is 32.2 Å². The number of rotatable bonds is 6. The van der Waals surface area contributed by atoms with E-state index < -0.39 is 0 Å². The van der Waals surface area contributed by atoms with Crippen LogP contribution in [0.5, 0.6) is 11.5 Å². The number of benzene rings is 1. The van der Waals surface area contributed by atoms with Crippen LogP contribution in [0.2, 0.25) is 0 Å². The second-order valence-electron chi connectivity index (χ2n) is 5.93. The van der Waals surface area contributed by atoms with Crippen LogP contribution in [-0.2, 0) is 0 Å².